The smallest absolute Gasteiger partial charge is 0.271 e. The fourth-order valence-corrected chi connectivity index (χ4v) is 3.06. The summed E-state index contributed by atoms with van der Waals surface area (Å²) in [6.45, 7) is 4.61. The van der Waals surface area contributed by atoms with Crippen molar-refractivity contribution in [2.45, 2.75) is 6.54 Å². The summed E-state index contributed by atoms with van der Waals surface area (Å²) in [5.41, 5.74) is 3.52. The lowest BCUT2D eigenvalue weighted by molar-refractivity contribution is 0.0946. The largest absolute Gasteiger partial charge is 0.369 e. The van der Waals surface area contributed by atoms with Crippen LogP contribution in [0, 0.1) is 0 Å². The first-order valence-electron chi connectivity index (χ1n) is 8.56. The van der Waals surface area contributed by atoms with Gasteiger partial charge in [0.1, 0.15) is 11.3 Å². The number of nitrogens with one attached hydrogen (secondary N) is 2. The molecule has 0 radical (unpaired) electrons. The molecule has 4 rings (SSSR count). The van der Waals surface area contributed by atoms with Gasteiger partial charge in [0.05, 0.1) is 0 Å². The molecule has 0 bridgehead atoms. The van der Waals surface area contributed by atoms with Crippen LogP contribution in [0.3, 0.4) is 0 Å². The Hall–Kier alpha value is -2.86. The Balaban J connectivity index is 1.38. The molecule has 3 heterocycles. The van der Waals surface area contributed by atoms with Gasteiger partial charge in [-0.05, 0) is 29.8 Å². The minimum Gasteiger partial charge on any atom is -0.369 e. The van der Waals surface area contributed by atoms with Crippen LogP contribution in [0.15, 0.2) is 54.9 Å². The summed E-state index contributed by atoms with van der Waals surface area (Å²) in [6, 6.07) is 14.1. The standard InChI is InChI=1S/C19H21N5O/c25-19(17-14-24-10-2-1-3-18(24)22-17)21-13-15-4-6-16(7-5-15)23-11-8-20-9-12-23/h1-7,10,14,20H,8-9,11-13H2,(H,21,25). The number of benzene rings is 1. The highest BCUT2D eigenvalue weighted by atomic mass is 16.1. The highest BCUT2D eigenvalue weighted by Crippen LogP contribution is 2.16. The van der Waals surface area contributed by atoms with Crippen LogP contribution in [0.4, 0.5) is 5.69 Å². The molecular formula is C19H21N5O. The summed E-state index contributed by atoms with van der Waals surface area (Å²) in [4.78, 5) is 19.0. The van der Waals surface area contributed by atoms with Gasteiger partial charge in [-0.15, -0.1) is 0 Å². The molecule has 1 aliphatic rings. The lowest BCUT2D eigenvalue weighted by atomic mass is 10.2. The Morgan fingerprint density at radius 3 is 2.68 bits per heavy atom. The molecule has 1 amide bonds. The molecule has 25 heavy (non-hydrogen) atoms. The highest BCUT2D eigenvalue weighted by molar-refractivity contribution is 5.92. The summed E-state index contributed by atoms with van der Waals surface area (Å²) in [7, 11) is 0. The minimum absolute atomic E-state index is 0.158. The normalized spacial score (nSPS) is 14.6. The number of anilines is 1. The number of hydrogen-bond acceptors (Lipinski definition) is 4. The summed E-state index contributed by atoms with van der Waals surface area (Å²) >= 11 is 0. The second-order valence-corrected chi connectivity index (χ2v) is 6.18. The number of amides is 1. The Bertz CT molecular complexity index is 832. The Morgan fingerprint density at radius 1 is 1.12 bits per heavy atom. The first kappa shape index (κ1) is 15.7. The van der Waals surface area contributed by atoms with Crippen LogP contribution in [0.2, 0.25) is 0 Å². The van der Waals surface area contributed by atoms with Gasteiger partial charge < -0.3 is 19.9 Å². The molecule has 1 saturated heterocycles. The maximum Gasteiger partial charge on any atom is 0.271 e. The average Bonchev–Trinajstić information content (AvgIpc) is 3.11. The maximum atomic E-state index is 12.3. The fraction of sp³-hybridized carbons (Fsp3) is 0.263. The van der Waals surface area contributed by atoms with Gasteiger partial charge in [0.2, 0.25) is 0 Å². The monoisotopic (exact) mass is 335 g/mol. The van der Waals surface area contributed by atoms with Crippen molar-refractivity contribution in [2.24, 2.45) is 0 Å². The zero-order valence-corrected chi connectivity index (χ0v) is 14.0. The molecule has 1 aromatic carbocycles. The molecule has 0 aliphatic carbocycles. The van der Waals surface area contributed by atoms with Crippen molar-refractivity contribution in [2.75, 3.05) is 31.1 Å². The fourth-order valence-electron chi connectivity index (χ4n) is 3.06. The van der Waals surface area contributed by atoms with E-state index in [2.05, 4.69) is 44.8 Å². The average molecular weight is 335 g/mol. The number of carbonyl (C=O) groups is 1. The summed E-state index contributed by atoms with van der Waals surface area (Å²) in [5.74, 6) is -0.158. The van der Waals surface area contributed by atoms with E-state index in [1.165, 1.54) is 5.69 Å². The molecule has 6 heteroatoms. The van der Waals surface area contributed by atoms with Crippen LogP contribution in [0.25, 0.3) is 5.65 Å². The molecule has 128 valence electrons. The minimum atomic E-state index is -0.158. The van der Waals surface area contributed by atoms with E-state index in [4.69, 9.17) is 0 Å². The zero-order chi connectivity index (χ0) is 17.1. The van der Waals surface area contributed by atoms with Gasteiger partial charge in [0.25, 0.3) is 5.91 Å². The van der Waals surface area contributed by atoms with E-state index in [-0.39, 0.29) is 5.91 Å². The summed E-state index contributed by atoms with van der Waals surface area (Å²) < 4.78 is 1.84. The predicted octanol–water partition coefficient (Wildman–Crippen LogP) is 1.67. The van der Waals surface area contributed by atoms with Crippen LogP contribution in [0.1, 0.15) is 16.1 Å². The van der Waals surface area contributed by atoms with E-state index >= 15 is 0 Å². The summed E-state index contributed by atoms with van der Waals surface area (Å²) in [5, 5.41) is 6.29. The van der Waals surface area contributed by atoms with E-state index in [1.54, 1.807) is 6.20 Å². The van der Waals surface area contributed by atoms with E-state index in [9.17, 15) is 4.79 Å². The number of piperazine rings is 1. The number of imidazole rings is 1. The molecule has 0 saturated carbocycles. The first-order chi connectivity index (χ1) is 12.3. The second kappa shape index (κ2) is 6.94. The zero-order valence-electron chi connectivity index (χ0n) is 14.0. The number of nitrogens with zero attached hydrogens (tertiary/aromatic N) is 3. The molecule has 2 N–H and O–H groups in total. The number of pyridine rings is 1. The number of hydrogen-bond donors (Lipinski definition) is 2. The van der Waals surface area contributed by atoms with E-state index in [0.717, 1.165) is 37.4 Å². The second-order valence-electron chi connectivity index (χ2n) is 6.18. The molecule has 1 aliphatic heterocycles. The third-order valence-corrected chi connectivity index (χ3v) is 4.47. The van der Waals surface area contributed by atoms with E-state index in [0.29, 0.717) is 12.2 Å². The van der Waals surface area contributed by atoms with Crippen molar-refractivity contribution in [3.8, 4) is 0 Å². The summed E-state index contributed by atoms with van der Waals surface area (Å²) in [6.07, 6.45) is 3.63. The van der Waals surface area contributed by atoms with Crippen molar-refractivity contribution in [3.63, 3.8) is 0 Å². The van der Waals surface area contributed by atoms with Gasteiger partial charge in [-0.25, -0.2) is 4.98 Å². The van der Waals surface area contributed by atoms with Crippen molar-refractivity contribution in [1.29, 1.82) is 0 Å². The first-order valence-corrected chi connectivity index (χ1v) is 8.56. The van der Waals surface area contributed by atoms with Gasteiger partial charge in [0.15, 0.2) is 0 Å². The van der Waals surface area contributed by atoms with Gasteiger partial charge in [0, 0.05) is 50.8 Å². The molecule has 0 spiro atoms. The van der Waals surface area contributed by atoms with Crippen LogP contribution < -0.4 is 15.5 Å². The van der Waals surface area contributed by atoms with Gasteiger partial charge in [-0.2, -0.15) is 0 Å². The maximum absolute atomic E-state index is 12.3. The van der Waals surface area contributed by atoms with Crippen molar-refractivity contribution >= 4 is 17.2 Å². The Kier molecular flexibility index (Phi) is 4.35. The quantitative estimate of drug-likeness (QED) is 0.761. The van der Waals surface area contributed by atoms with Gasteiger partial charge in [-0.3, -0.25) is 4.79 Å². The van der Waals surface area contributed by atoms with E-state index < -0.39 is 0 Å². The van der Waals surface area contributed by atoms with Crippen molar-refractivity contribution in [3.05, 3.63) is 66.1 Å². The molecule has 0 unspecified atom stereocenters. The van der Waals surface area contributed by atoms with Crippen LogP contribution >= 0.6 is 0 Å². The number of rotatable bonds is 4. The molecule has 6 nitrogen and oxygen atoms in total. The SMILES string of the molecule is O=C(NCc1ccc(N2CCNCC2)cc1)c1cn2ccccc2n1. The predicted molar refractivity (Wildman–Crippen MR) is 97.9 cm³/mol. The third kappa shape index (κ3) is 3.49. The van der Waals surface area contributed by atoms with Crippen molar-refractivity contribution in [1.82, 2.24) is 20.0 Å². The van der Waals surface area contributed by atoms with Crippen LogP contribution in [-0.2, 0) is 6.54 Å². The number of fused-ring (bicyclic) bond motifs is 1. The molecule has 3 aromatic rings. The lowest BCUT2D eigenvalue weighted by Crippen LogP contribution is -2.43. The molecule has 0 atom stereocenters. The number of carbonyl (C=O) groups excluding carboxylic acids is 1. The Morgan fingerprint density at radius 2 is 1.92 bits per heavy atom. The third-order valence-electron chi connectivity index (χ3n) is 4.47. The highest BCUT2D eigenvalue weighted by Gasteiger charge is 2.12. The van der Waals surface area contributed by atoms with Gasteiger partial charge in [-0.1, -0.05) is 18.2 Å². The van der Waals surface area contributed by atoms with Crippen molar-refractivity contribution < 1.29 is 4.79 Å². The molecular weight excluding hydrogens is 314 g/mol. The molecule has 1 fully saturated rings. The lowest BCUT2D eigenvalue weighted by Gasteiger charge is -2.29. The number of aromatic nitrogens is 2. The Labute approximate surface area is 146 Å². The van der Waals surface area contributed by atoms with Crippen LogP contribution in [0.5, 0.6) is 0 Å². The van der Waals surface area contributed by atoms with Crippen LogP contribution in [-0.4, -0.2) is 41.5 Å². The topological polar surface area (TPSA) is 61.7 Å². The van der Waals surface area contributed by atoms with Gasteiger partial charge >= 0.3 is 0 Å². The van der Waals surface area contributed by atoms with E-state index in [1.807, 2.05) is 28.8 Å². The molecule has 2 aromatic heterocycles.